The van der Waals surface area contributed by atoms with Gasteiger partial charge in [-0.3, -0.25) is 4.79 Å². The summed E-state index contributed by atoms with van der Waals surface area (Å²) in [5, 5.41) is 3.26. The Morgan fingerprint density at radius 2 is 1.63 bits per heavy atom. The Bertz CT molecular complexity index is 329. The molecule has 0 aromatic carbocycles. The van der Waals surface area contributed by atoms with Gasteiger partial charge in [0.05, 0.1) is 11.5 Å². The summed E-state index contributed by atoms with van der Waals surface area (Å²) < 4.78 is 38.0. The van der Waals surface area contributed by atoms with Gasteiger partial charge in [-0.05, 0) is 38.5 Å². The summed E-state index contributed by atoms with van der Waals surface area (Å²) in [5.41, 5.74) is 4.53. The summed E-state index contributed by atoms with van der Waals surface area (Å²) in [4.78, 5) is 11.7. The normalized spacial score (nSPS) is 33.5. The minimum absolute atomic E-state index is 0.00778. The van der Waals surface area contributed by atoms with Gasteiger partial charge in [0.1, 0.15) is 0 Å². The highest BCUT2D eigenvalue weighted by Crippen LogP contribution is 2.41. The molecule has 0 aliphatic heterocycles. The van der Waals surface area contributed by atoms with E-state index >= 15 is 0 Å². The van der Waals surface area contributed by atoms with Gasteiger partial charge in [0.2, 0.25) is 5.91 Å². The van der Waals surface area contributed by atoms with Crippen molar-refractivity contribution >= 4 is 5.91 Å². The van der Waals surface area contributed by atoms with Crippen LogP contribution in [0.5, 0.6) is 0 Å². The summed E-state index contributed by atoms with van der Waals surface area (Å²) in [6.45, 7) is 0. The van der Waals surface area contributed by atoms with E-state index < -0.39 is 23.5 Å². The number of nitrogens with two attached hydrogens (primary N) is 1. The predicted molar refractivity (Wildman–Crippen MR) is 65.3 cm³/mol. The van der Waals surface area contributed by atoms with Crippen molar-refractivity contribution in [1.82, 2.24) is 5.32 Å². The standard InChI is InChI=1S/C13H21F3N2O/c14-13(15,16)9-5-7-12(8-6-9,11(17)19)18-10-3-1-2-4-10/h9-10,18H,1-8H2,(H2,17,19). The van der Waals surface area contributed by atoms with E-state index in [9.17, 15) is 18.0 Å². The van der Waals surface area contributed by atoms with E-state index in [0.29, 0.717) is 0 Å². The molecule has 0 aromatic heterocycles. The van der Waals surface area contributed by atoms with Gasteiger partial charge >= 0.3 is 6.18 Å². The molecule has 2 aliphatic carbocycles. The van der Waals surface area contributed by atoms with E-state index in [0.717, 1.165) is 25.7 Å². The maximum atomic E-state index is 12.7. The van der Waals surface area contributed by atoms with Crippen LogP contribution in [0.3, 0.4) is 0 Å². The topological polar surface area (TPSA) is 55.1 Å². The zero-order chi connectivity index (χ0) is 14.1. The van der Waals surface area contributed by atoms with Crippen LogP contribution in [-0.2, 0) is 4.79 Å². The first kappa shape index (κ1) is 14.6. The van der Waals surface area contributed by atoms with Gasteiger partial charge in [0.15, 0.2) is 0 Å². The Morgan fingerprint density at radius 1 is 1.11 bits per heavy atom. The molecule has 0 heterocycles. The number of primary amides is 1. The second-order valence-electron chi connectivity index (χ2n) is 5.89. The Morgan fingerprint density at radius 3 is 2.05 bits per heavy atom. The van der Waals surface area contributed by atoms with Crippen LogP contribution in [0.25, 0.3) is 0 Å². The van der Waals surface area contributed by atoms with Crippen molar-refractivity contribution in [2.24, 2.45) is 11.7 Å². The first-order valence-electron chi connectivity index (χ1n) is 6.98. The lowest BCUT2D eigenvalue weighted by atomic mass is 9.75. The molecule has 0 radical (unpaired) electrons. The smallest absolute Gasteiger partial charge is 0.368 e. The quantitative estimate of drug-likeness (QED) is 0.833. The summed E-state index contributed by atoms with van der Waals surface area (Å²) in [6, 6.07) is 0.231. The molecule has 2 saturated carbocycles. The van der Waals surface area contributed by atoms with Gasteiger partial charge in [-0.25, -0.2) is 0 Å². The van der Waals surface area contributed by atoms with Gasteiger partial charge in [0.25, 0.3) is 0 Å². The molecule has 110 valence electrons. The third-order valence-corrected chi connectivity index (χ3v) is 4.61. The van der Waals surface area contributed by atoms with Gasteiger partial charge < -0.3 is 11.1 Å². The molecule has 0 unspecified atom stereocenters. The molecule has 19 heavy (non-hydrogen) atoms. The van der Waals surface area contributed by atoms with E-state index in [4.69, 9.17) is 5.73 Å². The van der Waals surface area contributed by atoms with Crippen molar-refractivity contribution in [2.75, 3.05) is 0 Å². The number of hydrogen-bond donors (Lipinski definition) is 2. The number of rotatable bonds is 3. The molecule has 3 nitrogen and oxygen atoms in total. The number of amides is 1. The Balaban J connectivity index is 2.00. The summed E-state index contributed by atoms with van der Waals surface area (Å²) in [6.07, 6.45) is 0.409. The van der Waals surface area contributed by atoms with Crippen LogP contribution in [0.4, 0.5) is 13.2 Å². The summed E-state index contributed by atoms with van der Waals surface area (Å²) in [5.74, 6) is -1.79. The average Bonchev–Trinajstić information content (AvgIpc) is 2.81. The van der Waals surface area contributed by atoms with Crippen LogP contribution in [0.15, 0.2) is 0 Å². The fraction of sp³-hybridized carbons (Fsp3) is 0.923. The van der Waals surface area contributed by atoms with Crippen molar-refractivity contribution in [3.63, 3.8) is 0 Å². The Hall–Kier alpha value is -0.780. The molecule has 2 fully saturated rings. The lowest BCUT2D eigenvalue weighted by molar-refractivity contribution is -0.186. The monoisotopic (exact) mass is 278 g/mol. The number of carbonyl (C=O) groups is 1. The molecule has 0 spiro atoms. The van der Waals surface area contributed by atoms with Crippen molar-refractivity contribution < 1.29 is 18.0 Å². The van der Waals surface area contributed by atoms with Crippen LogP contribution in [-0.4, -0.2) is 23.7 Å². The zero-order valence-electron chi connectivity index (χ0n) is 10.9. The number of alkyl halides is 3. The third-order valence-electron chi connectivity index (χ3n) is 4.61. The summed E-state index contributed by atoms with van der Waals surface area (Å²) >= 11 is 0. The van der Waals surface area contributed by atoms with Crippen LogP contribution >= 0.6 is 0 Å². The van der Waals surface area contributed by atoms with Crippen molar-refractivity contribution in [2.45, 2.75) is 69.1 Å². The van der Waals surface area contributed by atoms with E-state index in [1.165, 1.54) is 0 Å². The first-order valence-corrected chi connectivity index (χ1v) is 6.98. The number of carbonyl (C=O) groups excluding carboxylic acids is 1. The fourth-order valence-electron chi connectivity index (χ4n) is 3.36. The highest BCUT2D eigenvalue weighted by Gasteiger charge is 2.48. The second kappa shape index (κ2) is 5.31. The molecule has 0 aromatic rings. The largest absolute Gasteiger partial charge is 0.391 e. The zero-order valence-corrected chi connectivity index (χ0v) is 10.9. The number of hydrogen-bond acceptors (Lipinski definition) is 2. The van der Waals surface area contributed by atoms with Crippen molar-refractivity contribution in [3.05, 3.63) is 0 Å². The highest BCUT2D eigenvalue weighted by molar-refractivity contribution is 5.84. The molecule has 0 bridgehead atoms. The molecule has 2 rings (SSSR count). The van der Waals surface area contributed by atoms with E-state index in [2.05, 4.69) is 5.32 Å². The SMILES string of the molecule is NC(=O)C1(NC2CCCC2)CCC(C(F)(F)F)CC1. The Kier molecular flexibility index (Phi) is 4.08. The molecule has 0 saturated heterocycles. The molecule has 0 atom stereocenters. The molecule has 2 aliphatic rings. The molecule has 6 heteroatoms. The van der Waals surface area contributed by atoms with Crippen LogP contribution in [0.2, 0.25) is 0 Å². The summed E-state index contributed by atoms with van der Waals surface area (Å²) in [7, 11) is 0. The van der Waals surface area contributed by atoms with Gasteiger partial charge in [0, 0.05) is 6.04 Å². The maximum Gasteiger partial charge on any atom is 0.391 e. The Labute approximate surface area is 111 Å². The predicted octanol–water partition coefficient (Wildman–Crippen LogP) is 2.50. The maximum absolute atomic E-state index is 12.7. The molecule has 1 amide bonds. The minimum atomic E-state index is -4.16. The van der Waals surface area contributed by atoms with Crippen LogP contribution in [0, 0.1) is 5.92 Å². The van der Waals surface area contributed by atoms with E-state index in [1.807, 2.05) is 0 Å². The number of halogens is 3. The van der Waals surface area contributed by atoms with E-state index in [1.54, 1.807) is 0 Å². The van der Waals surface area contributed by atoms with Gasteiger partial charge in [-0.15, -0.1) is 0 Å². The highest BCUT2D eigenvalue weighted by atomic mass is 19.4. The van der Waals surface area contributed by atoms with Crippen molar-refractivity contribution in [3.8, 4) is 0 Å². The minimum Gasteiger partial charge on any atom is -0.368 e. The van der Waals surface area contributed by atoms with E-state index in [-0.39, 0.29) is 31.7 Å². The second-order valence-corrected chi connectivity index (χ2v) is 5.89. The fourth-order valence-corrected chi connectivity index (χ4v) is 3.36. The van der Waals surface area contributed by atoms with Gasteiger partial charge in [-0.1, -0.05) is 12.8 Å². The molecular formula is C13H21F3N2O. The lowest BCUT2D eigenvalue weighted by Gasteiger charge is -2.40. The molecule has 3 N–H and O–H groups in total. The van der Waals surface area contributed by atoms with Crippen LogP contribution < -0.4 is 11.1 Å². The average molecular weight is 278 g/mol. The lowest BCUT2D eigenvalue weighted by Crippen LogP contribution is -2.60. The van der Waals surface area contributed by atoms with Gasteiger partial charge in [-0.2, -0.15) is 13.2 Å². The first-order chi connectivity index (χ1) is 8.83. The number of nitrogens with one attached hydrogen (secondary N) is 1. The van der Waals surface area contributed by atoms with Crippen molar-refractivity contribution in [1.29, 1.82) is 0 Å². The molecular weight excluding hydrogens is 257 g/mol. The third kappa shape index (κ3) is 3.22. The van der Waals surface area contributed by atoms with Crippen LogP contribution in [0.1, 0.15) is 51.4 Å².